The number of nitrogens with zero attached hydrogens (tertiary/aromatic N) is 1. The van der Waals surface area contributed by atoms with Crippen molar-refractivity contribution in [3.8, 4) is 33.4 Å². The van der Waals surface area contributed by atoms with Crippen LogP contribution >= 0.6 is 0 Å². The molecule has 1 nitrogen and oxygen atoms in total. The Labute approximate surface area is 303 Å². The summed E-state index contributed by atoms with van der Waals surface area (Å²) in [6.45, 7) is 0. The van der Waals surface area contributed by atoms with Gasteiger partial charge in [0.15, 0.2) is 0 Å². The molecule has 1 spiro atoms. The van der Waals surface area contributed by atoms with Crippen molar-refractivity contribution in [2.75, 3.05) is 4.90 Å². The van der Waals surface area contributed by atoms with Crippen LogP contribution in [0.15, 0.2) is 200 Å². The molecule has 0 aromatic heterocycles. The van der Waals surface area contributed by atoms with Crippen LogP contribution in [0, 0.1) is 0 Å². The average Bonchev–Trinajstić information content (AvgIpc) is 3.69. The van der Waals surface area contributed by atoms with E-state index in [-0.39, 0.29) is 0 Å². The molecule has 0 unspecified atom stereocenters. The first-order valence-corrected chi connectivity index (χ1v) is 18.1. The maximum Gasteiger partial charge on any atom is 0.0737 e. The van der Waals surface area contributed by atoms with Gasteiger partial charge < -0.3 is 4.90 Å². The second kappa shape index (κ2) is 11.2. The standard InChI is InChI=1S/C51H33N/c1-3-15-34(16-4-1)39-20-11-14-26-48(39)52(37-18-5-2-6-19-37)38-29-32-41-36(33-38)28-31-45-44-30-27-35-17-7-8-21-40(35)49(44)51(50(41)45)46-24-12-9-22-42(46)43-23-10-13-25-47(43)51/h1-33H. The van der Waals surface area contributed by atoms with Gasteiger partial charge in [0.2, 0.25) is 0 Å². The summed E-state index contributed by atoms with van der Waals surface area (Å²) in [4.78, 5) is 2.41. The molecule has 0 N–H and O–H groups in total. The third-order valence-electron chi connectivity index (χ3n) is 11.4. The molecule has 52 heavy (non-hydrogen) atoms. The Hall–Kier alpha value is -6.70. The van der Waals surface area contributed by atoms with Gasteiger partial charge in [-0.3, -0.25) is 0 Å². The molecule has 9 aromatic rings. The van der Waals surface area contributed by atoms with Crippen molar-refractivity contribution in [2.24, 2.45) is 0 Å². The second-order valence-corrected chi connectivity index (χ2v) is 14.0. The van der Waals surface area contributed by atoms with E-state index in [1.807, 2.05) is 0 Å². The number of benzene rings is 9. The molecule has 0 saturated heterocycles. The van der Waals surface area contributed by atoms with Crippen LogP contribution < -0.4 is 4.90 Å². The van der Waals surface area contributed by atoms with E-state index in [1.165, 1.54) is 77.2 Å². The first kappa shape index (κ1) is 29.1. The number of para-hydroxylation sites is 2. The predicted molar refractivity (Wildman–Crippen MR) is 218 cm³/mol. The smallest absolute Gasteiger partial charge is 0.0737 e. The normalized spacial score (nSPS) is 13.2. The first-order valence-electron chi connectivity index (χ1n) is 18.1. The fourth-order valence-corrected chi connectivity index (χ4v) is 9.42. The maximum atomic E-state index is 2.41. The Morgan fingerprint density at radius 1 is 0.327 bits per heavy atom. The van der Waals surface area contributed by atoms with Crippen molar-refractivity contribution in [3.05, 3.63) is 222 Å². The van der Waals surface area contributed by atoms with Gasteiger partial charge in [-0.1, -0.05) is 170 Å². The number of hydrogen-bond donors (Lipinski definition) is 0. The topological polar surface area (TPSA) is 3.24 Å². The van der Waals surface area contributed by atoms with Crippen LogP contribution in [0.5, 0.6) is 0 Å². The number of hydrogen-bond acceptors (Lipinski definition) is 1. The van der Waals surface area contributed by atoms with E-state index in [0.717, 1.165) is 17.1 Å². The highest BCUT2D eigenvalue weighted by Gasteiger charge is 2.53. The summed E-state index contributed by atoms with van der Waals surface area (Å²) in [6.07, 6.45) is 0. The molecule has 0 saturated carbocycles. The van der Waals surface area contributed by atoms with E-state index in [9.17, 15) is 0 Å². The molecule has 11 rings (SSSR count). The third-order valence-corrected chi connectivity index (χ3v) is 11.4. The Kier molecular flexibility index (Phi) is 6.23. The fourth-order valence-electron chi connectivity index (χ4n) is 9.42. The van der Waals surface area contributed by atoms with Crippen LogP contribution in [0.2, 0.25) is 0 Å². The Bertz CT molecular complexity index is 2800. The molecule has 0 radical (unpaired) electrons. The quantitative estimate of drug-likeness (QED) is 0.182. The summed E-state index contributed by atoms with van der Waals surface area (Å²) in [5, 5.41) is 5.11. The molecule has 0 bridgehead atoms. The highest BCUT2D eigenvalue weighted by atomic mass is 15.1. The average molecular weight is 660 g/mol. The first-order chi connectivity index (χ1) is 25.8. The Balaban J connectivity index is 1.21. The van der Waals surface area contributed by atoms with Crippen molar-refractivity contribution in [2.45, 2.75) is 5.41 Å². The number of fused-ring (bicyclic) bond motifs is 14. The van der Waals surface area contributed by atoms with Crippen LogP contribution in [0.25, 0.3) is 54.9 Å². The lowest BCUT2D eigenvalue weighted by Crippen LogP contribution is -2.26. The molecule has 9 aromatic carbocycles. The summed E-state index contributed by atoms with van der Waals surface area (Å²) in [5.41, 5.74) is 16.2. The molecular weight excluding hydrogens is 627 g/mol. The molecule has 0 heterocycles. The summed E-state index contributed by atoms with van der Waals surface area (Å²) in [5.74, 6) is 0. The molecule has 0 aliphatic heterocycles. The van der Waals surface area contributed by atoms with Gasteiger partial charge in [0.25, 0.3) is 0 Å². The van der Waals surface area contributed by atoms with E-state index in [0.29, 0.717) is 0 Å². The zero-order valence-electron chi connectivity index (χ0n) is 28.5. The van der Waals surface area contributed by atoms with Crippen LogP contribution in [0.4, 0.5) is 17.1 Å². The monoisotopic (exact) mass is 659 g/mol. The molecule has 2 aliphatic carbocycles. The van der Waals surface area contributed by atoms with E-state index in [2.05, 4.69) is 205 Å². The second-order valence-electron chi connectivity index (χ2n) is 14.0. The molecule has 242 valence electrons. The van der Waals surface area contributed by atoms with Crippen LogP contribution in [-0.4, -0.2) is 0 Å². The third kappa shape index (κ3) is 3.94. The summed E-state index contributed by atoms with van der Waals surface area (Å²) in [7, 11) is 0. The van der Waals surface area contributed by atoms with Gasteiger partial charge in [0, 0.05) is 16.9 Å². The van der Waals surface area contributed by atoms with Crippen molar-refractivity contribution in [3.63, 3.8) is 0 Å². The Morgan fingerprint density at radius 3 is 1.58 bits per heavy atom. The molecule has 2 aliphatic rings. The Morgan fingerprint density at radius 2 is 0.865 bits per heavy atom. The molecular formula is C51H33N. The molecule has 1 heteroatoms. The zero-order chi connectivity index (χ0) is 34.2. The van der Waals surface area contributed by atoms with E-state index in [4.69, 9.17) is 0 Å². The lowest BCUT2D eigenvalue weighted by Gasteiger charge is -2.33. The fraction of sp³-hybridized carbons (Fsp3) is 0.0196. The van der Waals surface area contributed by atoms with Crippen molar-refractivity contribution in [1.82, 2.24) is 0 Å². The van der Waals surface area contributed by atoms with Crippen molar-refractivity contribution >= 4 is 38.6 Å². The van der Waals surface area contributed by atoms with E-state index in [1.54, 1.807) is 0 Å². The van der Waals surface area contributed by atoms with Gasteiger partial charge in [-0.05, 0) is 102 Å². The van der Waals surface area contributed by atoms with E-state index >= 15 is 0 Å². The lowest BCUT2D eigenvalue weighted by molar-refractivity contribution is 0.809. The highest BCUT2D eigenvalue weighted by Crippen LogP contribution is 2.65. The van der Waals surface area contributed by atoms with E-state index < -0.39 is 5.41 Å². The van der Waals surface area contributed by atoms with Crippen LogP contribution in [-0.2, 0) is 5.41 Å². The number of anilines is 3. The maximum absolute atomic E-state index is 2.41. The van der Waals surface area contributed by atoms with Crippen molar-refractivity contribution < 1.29 is 0 Å². The lowest BCUT2D eigenvalue weighted by atomic mass is 9.68. The minimum atomic E-state index is -0.446. The SMILES string of the molecule is c1ccc(-c2ccccc2N(c2ccccc2)c2ccc3c4c(ccc3c2)-c2ccc3ccccc3c2C42c3ccccc3-c3ccccc32)cc1. The van der Waals surface area contributed by atoms with Gasteiger partial charge in [0.05, 0.1) is 11.1 Å². The molecule has 0 fully saturated rings. The minimum Gasteiger partial charge on any atom is -0.310 e. The summed E-state index contributed by atoms with van der Waals surface area (Å²) < 4.78 is 0. The zero-order valence-corrected chi connectivity index (χ0v) is 28.5. The molecule has 0 amide bonds. The van der Waals surface area contributed by atoms with Gasteiger partial charge in [-0.15, -0.1) is 0 Å². The van der Waals surface area contributed by atoms with Gasteiger partial charge >= 0.3 is 0 Å². The van der Waals surface area contributed by atoms with Gasteiger partial charge in [-0.2, -0.15) is 0 Å². The predicted octanol–water partition coefficient (Wildman–Crippen LogP) is 13.5. The number of rotatable bonds is 4. The van der Waals surface area contributed by atoms with Crippen molar-refractivity contribution in [1.29, 1.82) is 0 Å². The molecule has 0 atom stereocenters. The largest absolute Gasteiger partial charge is 0.310 e. The van der Waals surface area contributed by atoms with Gasteiger partial charge in [-0.25, -0.2) is 0 Å². The van der Waals surface area contributed by atoms with Crippen LogP contribution in [0.3, 0.4) is 0 Å². The summed E-state index contributed by atoms with van der Waals surface area (Å²) in [6, 6.07) is 73.9. The minimum absolute atomic E-state index is 0.446. The van der Waals surface area contributed by atoms with Crippen LogP contribution in [0.1, 0.15) is 22.3 Å². The highest BCUT2D eigenvalue weighted by molar-refractivity contribution is 6.09. The summed E-state index contributed by atoms with van der Waals surface area (Å²) >= 11 is 0. The van der Waals surface area contributed by atoms with Gasteiger partial charge in [0.1, 0.15) is 0 Å².